The lowest BCUT2D eigenvalue weighted by molar-refractivity contribution is -0.142. The van der Waals surface area contributed by atoms with Gasteiger partial charge in [0.1, 0.15) is 5.75 Å². The zero-order valence-corrected chi connectivity index (χ0v) is 14.4. The van der Waals surface area contributed by atoms with E-state index in [1.807, 2.05) is 6.07 Å². The van der Waals surface area contributed by atoms with Crippen LogP contribution in [0.2, 0.25) is 0 Å². The number of ether oxygens (including phenoxy) is 1. The van der Waals surface area contributed by atoms with E-state index in [2.05, 4.69) is 0 Å². The maximum atomic E-state index is 12.5. The van der Waals surface area contributed by atoms with E-state index in [0.29, 0.717) is 37.2 Å². The Morgan fingerprint density at radius 1 is 1.33 bits per heavy atom. The number of nitrogens with zero attached hydrogens (tertiary/aromatic N) is 3. The van der Waals surface area contributed by atoms with Gasteiger partial charge in [0, 0.05) is 33.1 Å². The lowest BCUT2D eigenvalue weighted by atomic mass is 9.95. The quantitative estimate of drug-likeness (QED) is 0.842. The summed E-state index contributed by atoms with van der Waals surface area (Å²) in [5, 5.41) is 8.91. The third kappa shape index (κ3) is 4.25. The molecule has 1 aromatic carbocycles. The average Bonchev–Trinajstić information content (AvgIpc) is 2.60. The number of piperidine rings is 1. The molecular weight excluding hydrogens is 306 g/mol. The molecule has 1 aliphatic heterocycles. The van der Waals surface area contributed by atoms with Gasteiger partial charge < -0.3 is 14.5 Å². The van der Waals surface area contributed by atoms with Gasteiger partial charge in [-0.1, -0.05) is 6.07 Å². The number of hydrogen-bond donors (Lipinski definition) is 0. The van der Waals surface area contributed by atoms with Crippen molar-refractivity contribution in [3.63, 3.8) is 0 Å². The van der Waals surface area contributed by atoms with Crippen LogP contribution in [0, 0.1) is 17.2 Å². The summed E-state index contributed by atoms with van der Waals surface area (Å²) in [6, 6.07) is 8.80. The highest BCUT2D eigenvalue weighted by Gasteiger charge is 2.30. The van der Waals surface area contributed by atoms with Crippen molar-refractivity contribution in [3.05, 3.63) is 29.8 Å². The van der Waals surface area contributed by atoms with Crippen LogP contribution >= 0.6 is 0 Å². The highest BCUT2D eigenvalue weighted by Crippen LogP contribution is 2.21. The Bertz CT molecular complexity index is 643. The topological polar surface area (TPSA) is 73.6 Å². The molecular formula is C18H23N3O3. The molecule has 1 aromatic rings. The molecule has 128 valence electrons. The number of hydrogen-bond acceptors (Lipinski definition) is 4. The summed E-state index contributed by atoms with van der Waals surface area (Å²) < 4.78 is 5.67. The van der Waals surface area contributed by atoms with Crippen molar-refractivity contribution in [3.8, 4) is 11.8 Å². The lowest BCUT2D eigenvalue weighted by Gasteiger charge is -2.33. The van der Waals surface area contributed by atoms with E-state index < -0.39 is 6.10 Å². The molecule has 2 amide bonds. The van der Waals surface area contributed by atoms with E-state index in [1.54, 1.807) is 55.1 Å². The fourth-order valence-corrected chi connectivity index (χ4v) is 2.86. The summed E-state index contributed by atoms with van der Waals surface area (Å²) in [4.78, 5) is 27.8. The smallest absolute Gasteiger partial charge is 0.263 e. The second-order valence-electron chi connectivity index (χ2n) is 6.23. The number of carbonyl (C=O) groups excluding carboxylic acids is 2. The molecule has 1 aliphatic rings. The van der Waals surface area contributed by atoms with Crippen molar-refractivity contribution in [2.24, 2.45) is 5.92 Å². The first-order valence-corrected chi connectivity index (χ1v) is 8.09. The van der Waals surface area contributed by atoms with Crippen LogP contribution in [0.15, 0.2) is 24.3 Å². The van der Waals surface area contributed by atoms with E-state index in [9.17, 15) is 9.59 Å². The molecule has 2 rings (SSSR count). The van der Waals surface area contributed by atoms with Crippen molar-refractivity contribution in [2.75, 3.05) is 27.2 Å². The number of likely N-dealkylation sites (tertiary alicyclic amines) is 1. The molecule has 1 fully saturated rings. The van der Waals surface area contributed by atoms with Crippen molar-refractivity contribution in [1.29, 1.82) is 5.26 Å². The minimum absolute atomic E-state index is 0.00687. The molecule has 1 heterocycles. The number of nitriles is 1. The van der Waals surface area contributed by atoms with Gasteiger partial charge in [0.15, 0.2) is 6.10 Å². The number of carbonyl (C=O) groups is 2. The molecule has 0 radical (unpaired) electrons. The highest BCUT2D eigenvalue weighted by atomic mass is 16.5. The van der Waals surface area contributed by atoms with Crippen molar-refractivity contribution >= 4 is 11.8 Å². The molecule has 0 spiro atoms. The van der Waals surface area contributed by atoms with Crippen LogP contribution in [0.3, 0.4) is 0 Å². The summed E-state index contributed by atoms with van der Waals surface area (Å²) >= 11 is 0. The molecule has 0 aromatic heterocycles. The largest absolute Gasteiger partial charge is 0.481 e. The Labute approximate surface area is 142 Å². The van der Waals surface area contributed by atoms with Gasteiger partial charge in [-0.05, 0) is 38.0 Å². The van der Waals surface area contributed by atoms with Crippen LogP contribution in [0.4, 0.5) is 0 Å². The predicted molar refractivity (Wildman–Crippen MR) is 89.2 cm³/mol. The van der Waals surface area contributed by atoms with Crippen LogP contribution in [-0.4, -0.2) is 54.9 Å². The molecule has 1 saturated heterocycles. The summed E-state index contributed by atoms with van der Waals surface area (Å²) in [6.45, 7) is 2.84. The first-order chi connectivity index (χ1) is 11.4. The summed E-state index contributed by atoms with van der Waals surface area (Å²) in [7, 11) is 3.51. The minimum atomic E-state index is -0.625. The van der Waals surface area contributed by atoms with Crippen LogP contribution in [0.25, 0.3) is 0 Å². The van der Waals surface area contributed by atoms with Gasteiger partial charge in [0.2, 0.25) is 5.91 Å². The van der Waals surface area contributed by atoms with Gasteiger partial charge in [0.05, 0.1) is 11.6 Å². The molecule has 0 saturated carbocycles. The Hall–Kier alpha value is -2.55. The molecule has 0 N–H and O–H groups in total. The summed E-state index contributed by atoms with van der Waals surface area (Å²) in [6.07, 6.45) is 0.735. The monoisotopic (exact) mass is 329 g/mol. The summed E-state index contributed by atoms with van der Waals surface area (Å²) in [5.74, 6) is 0.535. The second-order valence-corrected chi connectivity index (χ2v) is 6.23. The predicted octanol–water partition coefficient (Wildman–Crippen LogP) is 1.65. The molecule has 0 bridgehead atoms. The van der Waals surface area contributed by atoms with E-state index >= 15 is 0 Å². The van der Waals surface area contributed by atoms with Gasteiger partial charge in [0.25, 0.3) is 5.91 Å². The molecule has 0 aliphatic carbocycles. The van der Waals surface area contributed by atoms with Crippen molar-refractivity contribution in [1.82, 2.24) is 9.80 Å². The highest BCUT2D eigenvalue weighted by molar-refractivity contribution is 5.82. The fourth-order valence-electron chi connectivity index (χ4n) is 2.86. The van der Waals surface area contributed by atoms with E-state index in [-0.39, 0.29) is 17.7 Å². The van der Waals surface area contributed by atoms with Crippen LogP contribution in [0.1, 0.15) is 25.3 Å². The van der Waals surface area contributed by atoms with E-state index in [4.69, 9.17) is 10.00 Å². The van der Waals surface area contributed by atoms with E-state index in [0.717, 1.165) is 0 Å². The molecule has 6 nitrogen and oxygen atoms in total. The Morgan fingerprint density at radius 3 is 2.58 bits per heavy atom. The third-order valence-corrected chi connectivity index (χ3v) is 4.22. The Kier molecular flexibility index (Phi) is 5.80. The summed E-state index contributed by atoms with van der Waals surface area (Å²) in [5.41, 5.74) is 0.496. The van der Waals surface area contributed by atoms with Crippen LogP contribution in [-0.2, 0) is 9.59 Å². The van der Waals surface area contributed by atoms with Gasteiger partial charge in [-0.2, -0.15) is 5.26 Å². The number of rotatable bonds is 4. The third-order valence-electron chi connectivity index (χ3n) is 4.22. The van der Waals surface area contributed by atoms with Crippen molar-refractivity contribution < 1.29 is 14.3 Å². The fraction of sp³-hybridized carbons (Fsp3) is 0.500. The SMILES string of the molecule is CC(Oc1cccc(C#N)c1)C(=O)N1CCC(C(=O)N(C)C)CC1. The maximum absolute atomic E-state index is 12.5. The van der Waals surface area contributed by atoms with E-state index in [1.165, 1.54) is 0 Å². The van der Waals surface area contributed by atoms with Gasteiger partial charge in [-0.3, -0.25) is 9.59 Å². The number of amides is 2. The second kappa shape index (κ2) is 7.82. The van der Waals surface area contributed by atoms with Crippen LogP contribution < -0.4 is 4.74 Å². The number of benzene rings is 1. The molecule has 24 heavy (non-hydrogen) atoms. The van der Waals surface area contributed by atoms with Crippen molar-refractivity contribution in [2.45, 2.75) is 25.9 Å². The average molecular weight is 329 g/mol. The zero-order chi connectivity index (χ0) is 17.7. The zero-order valence-electron chi connectivity index (χ0n) is 14.4. The first-order valence-electron chi connectivity index (χ1n) is 8.09. The Morgan fingerprint density at radius 2 is 2.00 bits per heavy atom. The first kappa shape index (κ1) is 17.8. The van der Waals surface area contributed by atoms with Gasteiger partial charge >= 0.3 is 0 Å². The molecule has 1 atom stereocenters. The Balaban J connectivity index is 1.90. The maximum Gasteiger partial charge on any atom is 0.263 e. The van der Waals surface area contributed by atoms with Gasteiger partial charge in [-0.15, -0.1) is 0 Å². The standard InChI is InChI=1S/C18H23N3O3/c1-13(24-16-6-4-5-14(11-16)12-19)17(22)21-9-7-15(8-10-21)18(23)20(2)3/h4-6,11,13,15H,7-10H2,1-3H3. The van der Waals surface area contributed by atoms with Gasteiger partial charge in [-0.25, -0.2) is 0 Å². The lowest BCUT2D eigenvalue weighted by Crippen LogP contribution is -2.47. The normalized spacial score (nSPS) is 16.2. The minimum Gasteiger partial charge on any atom is -0.481 e. The molecule has 1 unspecified atom stereocenters. The molecule has 6 heteroatoms. The van der Waals surface area contributed by atoms with Crippen LogP contribution in [0.5, 0.6) is 5.75 Å².